The molecule has 4 heteroatoms. The molecule has 0 spiro atoms. The van der Waals surface area contributed by atoms with Crippen LogP contribution < -0.4 is 4.90 Å². The maximum absolute atomic E-state index is 6.08. The molecule has 1 heterocycles. The standard InChI is InChI=1S/C19H16ClN3/c1-23(17-10-6-3-7-11-17)18-14-16(21-19(20)22-18)13-12-15-8-4-2-5-9-15/h2-14H,1H3/b13-12+. The van der Waals surface area contributed by atoms with Gasteiger partial charge in [0.25, 0.3) is 0 Å². The second-order valence-corrected chi connectivity index (χ2v) is 5.40. The lowest BCUT2D eigenvalue weighted by atomic mass is 10.2. The van der Waals surface area contributed by atoms with Crippen molar-refractivity contribution in [2.75, 3.05) is 11.9 Å². The molecule has 1 aromatic heterocycles. The lowest BCUT2D eigenvalue weighted by Crippen LogP contribution is -2.11. The Labute approximate surface area is 140 Å². The number of para-hydroxylation sites is 1. The molecule has 0 N–H and O–H groups in total. The SMILES string of the molecule is CN(c1ccccc1)c1cc(/C=C/c2ccccc2)nc(Cl)n1. The Hall–Kier alpha value is -2.65. The van der Waals surface area contributed by atoms with Gasteiger partial charge in [-0.1, -0.05) is 54.6 Å². The van der Waals surface area contributed by atoms with Crippen LogP contribution in [0, 0.1) is 0 Å². The molecule has 0 unspecified atom stereocenters. The van der Waals surface area contributed by atoms with E-state index in [9.17, 15) is 0 Å². The van der Waals surface area contributed by atoms with Gasteiger partial charge in [-0.3, -0.25) is 0 Å². The maximum Gasteiger partial charge on any atom is 0.224 e. The predicted octanol–water partition coefficient (Wildman–Crippen LogP) is 5.07. The maximum atomic E-state index is 6.08. The van der Waals surface area contributed by atoms with Crippen LogP contribution in [0.1, 0.15) is 11.3 Å². The van der Waals surface area contributed by atoms with Crippen LogP contribution in [0.4, 0.5) is 11.5 Å². The summed E-state index contributed by atoms with van der Waals surface area (Å²) in [5, 5.41) is 0.234. The summed E-state index contributed by atoms with van der Waals surface area (Å²) >= 11 is 6.08. The first-order valence-electron chi connectivity index (χ1n) is 7.29. The fourth-order valence-corrected chi connectivity index (χ4v) is 2.39. The van der Waals surface area contributed by atoms with Crippen LogP contribution in [-0.4, -0.2) is 17.0 Å². The Morgan fingerprint density at radius 3 is 2.22 bits per heavy atom. The average molecular weight is 322 g/mol. The quantitative estimate of drug-likeness (QED) is 0.628. The Bertz CT molecular complexity index is 801. The lowest BCUT2D eigenvalue weighted by Gasteiger charge is -2.18. The topological polar surface area (TPSA) is 29.0 Å². The van der Waals surface area contributed by atoms with E-state index < -0.39 is 0 Å². The fraction of sp³-hybridized carbons (Fsp3) is 0.0526. The van der Waals surface area contributed by atoms with Crippen molar-refractivity contribution in [2.24, 2.45) is 0 Å². The van der Waals surface area contributed by atoms with E-state index in [1.165, 1.54) is 0 Å². The van der Waals surface area contributed by atoms with E-state index in [0.717, 1.165) is 22.8 Å². The molecule has 0 saturated carbocycles. The van der Waals surface area contributed by atoms with Crippen LogP contribution in [0.15, 0.2) is 66.7 Å². The molecule has 0 radical (unpaired) electrons. The van der Waals surface area contributed by atoms with E-state index in [0.29, 0.717) is 0 Å². The van der Waals surface area contributed by atoms with Gasteiger partial charge in [0, 0.05) is 18.8 Å². The smallest absolute Gasteiger partial charge is 0.224 e. The van der Waals surface area contributed by atoms with E-state index in [-0.39, 0.29) is 5.28 Å². The highest BCUT2D eigenvalue weighted by Gasteiger charge is 2.08. The summed E-state index contributed by atoms with van der Waals surface area (Å²) in [7, 11) is 1.96. The monoisotopic (exact) mass is 321 g/mol. The number of hydrogen-bond acceptors (Lipinski definition) is 3. The zero-order chi connectivity index (χ0) is 16.1. The summed E-state index contributed by atoms with van der Waals surface area (Å²) < 4.78 is 0. The second-order valence-electron chi connectivity index (χ2n) is 5.06. The minimum atomic E-state index is 0.234. The molecule has 2 aromatic carbocycles. The van der Waals surface area contributed by atoms with Gasteiger partial charge in [0.15, 0.2) is 0 Å². The highest BCUT2D eigenvalue weighted by molar-refractivity contribution is 6.28. The van der Waals surface area contributed by atoms with Crippen LogP contribution in [0.5, 0.6) is 0 Å². The molecule has 114 valence electrons. The van der Waals surface area contributed by atoms with Crippen molar-refractivity contribution in [2.45, 2.75) is 0 Å². The van der Waals surface area contributed by atoms with E-state index in [1.807, 2.05) is 90.8 Å². The molecule has 0 aliphatic carbocycles. The van der Waals surface area contributed by atoms with E-state index in [1.54, 1.807) is 0 Å². The fourth-order valence-electron chi connectivity index (χ4n) is 2.21. The molecule has 0 atom stereocenters. The third-order valence-corrected chi connectivity index (χ3v) is 3.61. The molecular weight excluding hydrogens is 306 g/mol. The highest BCUT2D eigenvalue weighted by atomic mass is 35.5. The first-order valence-corrected chi connectivity index (χ1v) is 7.67. The summed E-state index contributed by atoms with van der Waals surface area (Å²) in [5.41, 5.74) is 2.92. The van der Waals surface area contributed by atoms with Crippen molar-refractivity contribution in [3.05, 3.63) is 83.3 Å². The number of benzene rings is 2. The van der Waals surface area contributed by atoms with E-state index in [2.05, 4.69) is 9.97 Å². The summed E-state index contributed by atoms with van der Waals surface area (Å²) in [4.78, 5) is 10.6. The van der Waals surface area contributed by atoms with Crippen LogP contribution in [-0.2, 0) is 0 Å². The molecule has 0 saturated heterocycles. The number of rotatable bonds is 4. The third kappa shape index (κ3) is 3.96. The first kappa shape index (κ1) is 15.3. The van der Waals surface area contributed by atoms with Gasteiger partial charge in [-0.15, -0.1) is 0 Å². The number of anilines is 2. The van der Waals surface area contributed by atoms with Gasteiger partial charge in [-0.05, 0) is 35.4 Å². The van der Waals surface area contributed by atoms with Crippen molar-refractivity contribution < 1.29 is 0 Å². The van der Waals surface area contributed by atoms with E-state index >= 15 is 0 Å². The third-order valence-electron chi connectivity index (χ3n) is 3.44. The largest absolute Gasteiger partial charge is 0.329 e. The molecule has 3 aromatic rings. The highest BCUT2D eigenvalue weighted by Crippen LogP contribution is 2.23. The van der Waals surface area contributed by atoms with Gasteiger partial charge in [-0.25, -0.2) is 9.97 Å². The molecule has 0 fully saturated rings. The van der Waals surface area contributed by atoms with E-state index in [4.69, 9.17) is 11.6 Å². The Morgan fingerprint density at radius 2 is 1.52 bits per heavy atom. The van der Waals surface area contributed by atoms with Crippen LogP contribution in [0.2, 0.25) is 5.28 Å². The average Bonchev–Trinajstić information content (AvgIpc) is 2.60. The van der Waals surface area contributed by atoms with Crippen molar-refractivity contribution in [1.82, 2.24) is 9.97 Å². The Balaban J connectivity index is 1.89. The number of hydrogen-bond donors (Lipinski definition) is 0. The van der Waals surface area contributed by atoms with Crippen molar-refractivity contribution in [3.8, 4) is 0 Å². The molecule has 0 aliphatic rings. The van der Waals surface area contributed by atoms with Gasteiger partial charge in [0.2, 0.25) is 5.28 Å². The van der Waals surface area contributed by atoms with Crippen LogP contribution in [0.3, 0.4) is 0 Å². The zero-order valence-corrected chi connectivity index (χ0v) is 13.5. The number of nitrogens with zero attached hydrogens (tertiary/aromatic N) is 3. The van der Waals surface area contributed by atoms with Gasteiger partial charge in [0.05, 0.1) is 5.69 Å². The first-order chi connectivity index (χ1) is 11.2. The molecule has 0 aliphatic heterocycles. The molecule has 3 nitrogen and oxygen atoms in total. The minimum absolute atomic E-state index is 0.234. The molecule has 0 bridgehead atoms. The normalized spacial score (nSPS) is 10.9. The Kier molecular flexibility index (Phi) is 4.69. The van der Waals surface area contributed by atoms with Crippen molar-refractivity contribution in [3.63, 3.8) is 0 Å². The lowest BCUT2D eigenvalue weighted by molar-refractivity contribution is 1.07. The van der Waals surface area contributed by atoms with Crippen molar-refractivity contribution in [1.29, 1.82) is 0 Å². The van der Waals surface area contributed by atoms with Gasteiger partial charge in [-0.2, -0.15) is 0 Å². The summed E-state index contributed by atoms with van der Waals surface area (Å²) in [5.74, 6) is 0.754. The minimum Gasteiger partial charge on any atom is -0.329 e. The number of aromatic nitrogens is 2. The van der Waals surface area contributed by atoms with Gasteiger partial charge in [0.1, 0.15) is 5.82 Å². The van der Waals surface area contributed by atoms with Crippen molar-refractivity contribution >= 4 is 35.3 Å². The van der Waals surface area contributed by atoms with Crippen LogP contribution in [0.25, 0.3) is 12.2 Å². The summed E-state index contributed by atoms with van der Waals surface area (Å²) in [6, 6.07) is 22.0. The summed E-state index contributed by atoms with van der Waals surface area (Å²) in [6.07, 6.45) is 3.94. The molecule has 3 rings (SSSR count). The van der Waals surface area contributed by atoms with Gasteiger partial charge < -0.3 is 4.90 Å². The molecule has 0 amide bonds. The zero-order valence-electron chi connectivity index (χ0n) is 12.7. The van der Waals surface area contributed by atoms with Gasteiger partial charge >= 0.3 is 0 Å². The van der Waals surface area contributed by atoms with Crippen LogP contribution >= 0.6 is 11.6 Å². The second kappa shape index (κ2) is 7.07. The Morgan fingerprint density at radius 1 is 0.870 bits per heavy atom. The molecular formula is C19H16ClN3. The molecule has 23 heavy (non-hydrogen) atoms. The number of halogens is 1. The summed E-state index contributed by atoms with van der Waals surface area (Å²) in [6.45, 7) is 0. The predicted molar refractivity (Wildman–Crippen MR) is 96.9 cm³/mol.